The SMILES string of the molecule is CCO/N=C(\N)c1ccc(-n2nc(C)cc2C)nc1. The van der Waals surface area contributed by atoms with Crippen LogP contribution in [-0.2, 0) is 4.84 Å². The molecule has 0 amide bonds. The van der Waals surface area contributed by atoms with Gasteiger partial charge in [0.25, 0.3) is 0 Å². The molecular formula is C13H17N5O. The third-order valence-corrected chi connectivity index (χ3v) is 2.56. The summed E-state index contributed by atoms with van der Waals surface area (Å²) in [6, 6.07) is 5.69. The molecular weight excluding hydrogens is 242 g/mol. The first kappa shape index (κ1) is 13.1. The zero-order valence-corrected chi connectivity index (χ0v) is 11.3. The Kier molecular flexibility index (Phi) is 3.79. The lowest BCUT2D eigenvalue weighted by molar-refractivity contribution is 0.158. The minimum Gasteiger partial charge on any atom is -0.394 e. The summed E-state index contributed by atoms with van der Waals surface area (Å²) in [7, 11) is 0. The van der Waals surface area contributed by atoms with E-state index in [9.17, 15) is 0 Å². The predicted molar refractivity (Wildman–Crippen MR) is 73.2 cm³/mol. The molecule has 0 radical (unpaired) electrons. The van der Waals surface area contributed by atoms with E-state index in [4.69, 9.17) is 10.6 Å². The monoisotopic (exact) mass is 259 g/mol. The van der Waals surface area contributed by atoms with Gasteiger partial charge in [0.2, 0.25) is 0 Å². The fourth-order valence-electron chi connectivity index (χ4n) is 1.71. The standard InChI is InChI=1S/C13H17N5O/c1-4-19-17-13(14)11-5-6-12(15-8-11)18-10(3)7-9(2)16-18/h5-8H,4H2,1-3H3,(H2,14,17). The average molecular weight is 259 g/mol. The van der Waals surface area contributed by atoms with Crippen molar-refractivity contribution in [1.29, 1.82) is 0 Å². The van der Waals surface area contributed by atoms with E-state index in [0.29, 0.717) is 12.4 Å². The Hall–Kier alpha value is -2.37. The molecule has 19 heavy (non-hydrogen) atoms. The van der Waals surface area contributed by atoms with Gasteiger partial charge >= 0.3 is 0 Å². The quantitative estimate of drug-likeness (QED) is 0.513. The zero-order chi connectivity index (χ0) is 13.8. The minimum atomic E-state index is 0.314. The third-order valence-electron chi connectivity index (χ3n) is 2.56. The summed E-state index contributed by atoms with van der Waals surface area (Å²) in [4.78, 5) is 9.24. The van der Waals surface area contributed by atoms with Crippen LogP contribution in [0.3, 0.4) is 0 Å². The van der Waals surface area contributed by atoms with Gasteiger partial charge in [0.1, 0.15) is 6.61 Å². The molecule has 2 N–H and O–H groups in total. The lowest BCUT2D eigenvalue weighted by Crippen LogP contribution is -2.14. The maximum atomic E-state index is 5.77. The molecule has 2 heterocycles. The summed E-state index contributed by atoms with van der Waals surface area (Å²) < 4.78 is 1.79. The molecule has 0 aliphatic carbocycles. The molecule has 0 saturated carbocycles. The summed E-state index contributed by atoms with van der Waals surface area (Å²) in [5, 5.41) is 8.14. The lowest BCUT2D eigenvalue weighted by Gasteiger charge is -2.04. The predicted octanol–water partition coefficient (Wildman–Crippen LogP) is 1.54. The molecule has 2 aromatic heterocycles. The second-order valence-corrected chi connectivity index (χ2v) is 4.14. The van der Waals surface area contributed by atoms with Crippen molar-refractivity contribution in [3.8, 4) is 5.82 Å². The van der Waals surface area contributed by atoms with Crippen LogP contribution < -0.4 is 5.73 Å². The van der Waals surface area contributed by atoms with E-state index < -0.39 is 0 Å². The Labute approximate surface area is 111 Å². The van der Waals surface area contributed by atoms with E-state index in [1.54, 1.807) is 10.9 Å². The average Bonchev–Trinajstić information content (AvgIpc) is 2.75. The minimum absolute atomic E-state index is 0.314. The van der Waals surface area contributed by atoms with Crippen LogP contribution in [0.2, 0.25) is 0 Å². The molecule has 100 valence electrons. The van der Waals surface area contributed by atoms with Crippen LogP contribution in [0.1, 0.15) is 23.9 Å². The van der Waals surface area contributed by atoms with Crippen LogP contribution in [0, 0.1) is 13.8 Å². The number of nitrogens with two attached hydrogens (primary N) is 1. The van der Waals surface area contributed by atoms with Gasteiger partial charge in [-0.05, 0) is 39.0 Å². The Morgan fingerprint density at radius 3 is 2.74 bits per heavy atom. The molecule has 6 nitrogen and oxygen atoms in total. The number of aromatic nitrogens is 3. The van der Waals surface area contributed by atoms with Crippen LogP contribution in [0.5, 0.6) is 0 Å². The van der Waals surface area contributed by atoms with Gasteiger partial charge in [-0.25, -0.2) is 9.67 Å². The molecule has 0 spiro atoms. The number of aryl methyl sites for hydroxylation is 2. The normalized spacial score (nSPS) is 11.6. The number of hydrogen-bond donors (Lipinski definition) is 1. The van der Waals surface area contributed by atoms with Crippen LogP contribution in [0.15, 0.2) is 29.6 Å². The number of oxime groups is 1. The van der Waals surface area contributed by atoms with Crippen molar-refractivity contribution in [2.75, 3.05) is 6.61 Å². The number of pyridine rings is 1. The maximum Gasteiger partial charge on any atom is 0.171 e. The molecule has 0 fully saturated rings. The highest BCUT2D eigenvalue weighted by atomic mass is 16.6. The number of hydrogen-bond acceptors (Lipinski definition) is 4. The fraction of sp³-hybridized carbons (Fsp3) is 0.308. The van der Waals surface area contributed by atoms with Crippen molar-refractivity contribution in [2.45, 2.75) is 20.8 Å². The van der Waals surface area contributed by atoms with Crippen molar-refractivity contribution in [1.82, 2.24) is 14.8 Å². The highest BCUT2D eigenvalue weighted by molar-refractivity contribution is 5.96. The molecule has 2 rings (SSSR count). The number of rotatable bonds is 4. The first-order chi connectivity index (χ1) is 9.11. The van der Waals surface area contributed by atoms with Crippen LogP contribution in [0.4, 0.5) is 0 Å². The van der Waals surface area contributed by atoms with Crippen molar-refractivity contribution in [3.05, 3.63) is 41.3 Å². The van der Waals surface area contributed by atoms with E-state index in [2.05, 4.69) is 15.2 Å². The molecule has 0 atom stereocenters. The lowest BCUT2D eigenvalue weighted by atomic mass is 10.2. The van der Waals surface area contributed by atoms with Crippen LogP contribution in [-0.4, -0.2) is 27.2 Å². The molecule has 6 heteroatoms. The summed E-state index contributed by atoms with van der Waals surface area (Å²) in [6.07, 6.45) is 1.66. The molecule has 0 aliphatic rings. The third kappa shape index (κ3) is 2.90. The van der Waals surface area contributed by atoms with Gasteiger partial charge in [0.05, 0.1) is 5.69 Å². The van der Waals surface area contributed by atoms with Gasteiger partial charge in [0, 0.05) is 17.5 Å². The Morgan fingerprint density at radius 1 is 1.42 bits per heavy atom. The first-order valence-electron chi connectivity index (χ1n) is 6.07. The second kappa shape index (κ2) is 5.51. The highest BCUT2D eigenvalue weighted by Crippen LogP contribution is 2.10. The summed E-state index contributed by atoms with van der Waals surface area (Å²) in [5.41, 5.74) is 8.48. The molecule has 0 bridgehead atoms. The van der Waals surface area contributed by atoms with Gasteiger partial charge in [0.15, 0.2) is 11.7 Å². The van der Waals surface area contributed by atoms with E-state index in [0.717, 1.165) is 22.8 Å². The Balaban J connectivity index is 2.26. The highest BCUT2D eigenvalue weighted by Gasteiger charge is 2.06. The first-order valence-corrected chi connectivity index (χ1v) is 6.07. The number of amidine groups is 1. The largest absolute Gasteiger partial charge is 0.394 e. The van der Waals surface area contributed by atoms with E-state index in [1.807, 2.05) is 39.0 Å². The van der Waals surface area contributed by atoms with Gasteiger partial charge in [-0.3, -0.25) is 0 Å². The zero-order valence-electron chi connectivity index (χ0n) is 11.3. The summed E-state index contributed by atoms with van der Waals surface area (Å²) in [6.45, 7) is 6.27. The fourth-order valence-corrected chi connectivity index (χ4v) is 1.71. The maximum absolute atomic E-state index is 5.77. The summed E-state index contributed by atoms with van der Waals surface area (Å²) >= 11 is 0. The van der Waals surface area contributed by atoms with Crippen molar-refractivity contribution < 1.29 is 4.84 Å². The van der Waals surface area contributed by atoms with Crippen molar-refractivity contribution in [3.63, 3.8) is 0 Å². The van der Waals surface area contributed by atoms with Crippen molar-refractivity contribution >= 4 is 5.84 Å². The van der Waals surface area contributed by atoms with E-state index >= 15 is 0 Å². The molecule has 0 saturated heterocycles. The summed E-state index contributed by atoms with van der Waals surface area (Å²) in [5.74, 6) is 1.06. The van der Waals surface area contributed by atoms with Gasteiger partial charge in [-0.15, -0.1) is 0 Å². The smallest absolute Gasteiger partial charge is 0.171 e. The molecule has 0 unspecified atom stereocenters. The van der Waals surface area contributed by atoms with Gasteiger partial charge < -0.3 is 10.6 Å². The molecule has 0 aliphatic heterocycles. The van der Waals surface area contributed by atoms with Gasteiger partial charge in [-0.1, -0.05) is 5.16 Å². The Bertz CT molecular complexity index is 586. The molecule has 0 aromatic carbocycles. The van der Waals surface area contributed by atoms with E-state index in [-0.39, 0.29) is 0 Å². The molecule has 2 aromatic rings. The van der Waals surface area contributed by atoms with Crippen LogP contribution >= 0.6 is 0 Å². The van der Waals surface area contributed by atoms with Crippen molar-refractivity contribution in [2.24, 2.45) is 10.9 Å². The van der Waals surface area contributed by atoms with E-state index in [1.165, 1.54) is 0 Å². The Morgan fingerprint density at radius 2 is 2.21 bits per heavy atom. The van der Waals surface area contributed by atoms with Gasteiger partial charge in [-0.2, -0.15) is 5.10 Å². The second-order valence-electron chi connectivity index (χ2n) is 4.14. The topological polar surface area (TPSA) is 78.3 Å². The van der Waals surface area contributed by atoms with Crippen LogP contribution in [0.25, 0.3) is 5.82 Å². The number of nitrogens with zero attached hydrogens (tertiary/aromatic N) is 4.